The van der Waals surface area contributed by atoms with Gasteiger partial charge in [-0.05, 0) is 33.2 Å². The van der Waals surface area contributed by atoms with Crippen molar-refractivity contribution in [3.63, 3.8) is 0 Å². The highest BCUT2D eigenvalue weighted by atomic mass is 16.2. The third kappa shape index (κ3) is 3.85. The van der Waals surface area contributed by atoms with Gasteiger partial charge >= 0.3 is 0 Å². The molecule has 0 fully saturated rings. The molecular formula is C20H22N8O. The van der Waals surface area contributed by atoms with Gasteiger partial charge in [0.15, 0.2) is 11.5 Å². The predicted octanol–water partition coefficient (Wildman–Crippen LogP) is 2.13. The average molecular weight is 390 g/mol. The number of anilines is 1. The topological polar surface area (TPSA) is 93.8 Å². The lowest BCUT2D eigenvalue weighted by Gasteiger charge is -2.08. The van der Waals surface area contributed by atoms with E-state index in [1.54, 1.807) is 27.8 Å². The second kappa shape index (κ2) is 7.80. The lowest BCUT2D eigenvalue weighted by Crippen LogP contribution is -2.19. The van der Waals surface area contributed by atoms with Gasteiger partial charge in [0.05, 0.1) is 17.9 Å². The molecule has 4 aromatic rings. The predicted molar refractivity (Wildman–Crippen MR) is 110 cm³/mol. The molecule has 0 radical (unpaired) electrons. The lowest BCUT2D eigenvalue weighted by atomic mass is 10.1. The zero-order chi connectivity index (χ0) is 20.4. The molecule has 0 aliphatic heterocycles. The van der Waals surface area contributed by atoms with E-state index in [1.165, 1.54) is 0 Å². The summed E-state index contributed by atoms with van der Waals surface area (Å²) >= 11 is 0. The number of carbonyl (C=O) groups is 1. The van der Waals surface area contributed by atoms with E-state index < -0.39 is 0 Å². The Morgan fingerprint density at radius 3 is 2.90 bits per heavy atom. The molecule has 0 aliphatic carbocycles. The zero-order valence-corrected chi connectivity index (χ0v) is 16.6. The van der Waals surface area contributed by atoms with E-state index in [0.29, 0.717) is 11.5 Å². The van der Waals surface area contributed by atoms with Gasteiger partial charge in [0, 0.05) is 42.0 Å². The van der Waals surface area contributed by atoms with Crippen LogP contribution in [-0.2, 0) is 6.54 Å². The Morgan fingerprint density at radius 1 is 1.21 bits per heavy atom. The summed E-state index contributed by atoms with van der Waals surface area (Å²) in [7, 11) is 4.01. The SMILES string of the molecule is Cc1c(C(=O)Nc2ccn(CCN(C)C)n2)nnn1-c1cccc2cnccc12. The van der Waals surface area contributed by atoms with Crippen LogP contribution >= 0.6 is 0 Å². The fourth-order valence-corrected chi connectivity index (χ4v) is 3.09. The molecule has 3 heterocycles. The van der Waals surface area contributed by atoms with E-state index in [9.17, 15) is 4.79 Å². The Morgan fingerprint density at radius 2 is 2.07 bits per heavy atom. The van der Waals surface area contributed by atoms with Crippen LogP contribution in [0.1, 0.15) is 16.2 Å². The second-order valence-electron chi connectivity index (χ2n) is 7.03. The summed E-state index contributed by atoms with van der Waals surface area (Å²) < 4.78 is 3.47. The number of hydrogen-bond donors (Lipinski definition) is 1. The standard InChI is InChI=1S/C20H22N8O/c1-14-19(20(29)22-18-8-10-27(24-18)12-11-26(2)3)23-25-28(14)17-6-4-5-15-13-21-9-7-16(15)17/h4-10,13H,11-12H2,1-3H3,(H,22,24,29). The molecule has 9 heteroatoms. The van der Waals surface area contributed by atoms with Gasteiger partial charge in [0.25, 0.3) is 5.91 Å². The summed E-state index contributed by atoms with van der Waals surface area (Å²) in [5.74, 6) is 0.146. The van der Waals surface area contributed by atoms with Gasteiger partial charge in [-0.2, -0.15) is 5.10 Å². The van der Waals surface area contributed by atoms with Crippen LogP contribution < -0.4 is 5.32 Å². The molecule has 0 unspecified atom stereocenters. The highest BCUT2D eigenvalue weighted by Crippen LogP contribution is 2.22. The normalized spacial score (nSPS) is 11.3. The van der Waals surface area contributed by atoms with E-state index in [1.807, 2.05) is 51.5 Å². The summed E-state index contributed by atoms with van der Waals surface area (Å²) in [6, 6.07) is 9.55. The maximum Gasteiger partial charge on any atom is 0.279 e. The number of hydrogen-bond acceptors (Lipinski definition) is 6. The highest BCUT2D eigenvalue weighted by molar-refractivity contribution is 6.03. The van der Waals surface area contributed by atoms with Crippen LogP contribution in [0.25, 0.3) is 16.5 Å². The first kappa shape index (κ1) is 18.8. The van der Waals surface area contributed by atoms with Crippen LogP contribution in [0.2, 0.25) is 0 Å². The summed E-state index contributed by atoms with van der Waals surface area (Å²) in [6.45, 7) is 3.43. The van der Waals surface area contributed by atoms with Crippen LogP contribution in [0.5, 0.6) is 0 Å². The molecule has 9 nitrogen and oxygen atoms in total. The van der Waals surface area contributed by atoms with Crippen LogP contribution in [0, 0.1) is 6.92 Å². The maximum atomic E-state index is 12.7. The van der Waals surface area contributed by atoms with E-state index >= 15 is 0 Å². The monoisotopic (exact) mass is 390 g/mol. The Balaban J connectivity index is 1.56. The third-order valence-corrected chi connectivity index (χ3v) is 4.65. The molecule has 1 aromatic carbocycles. The van der Waals surface area contributed by atoms with Crippen LogP contribution in [0.4, 0.5) is 5.82 Å². The smallest absolute Gasteiger partial charge is 0.279 e. The first-order chi connectivity index (χ1) is 14.0. The van der Waals surface area contributed by atoms with Gasteiger partial charge in [0.2, 0.25) is 0 Å². The number of benzene rings is 1. The molecule has 0 aliphatic rings. The molecule has 4 rings (SSSR count). The van der Waals surface area contributed by atoms with Crippen molar-refractivity contribution in [3.05, 3.63) is 60.3 Å². The molecule has 0 saturated heterocycles. The fraction of sp³-hybridized carbons (Fsp3) is 0.250. The van der Waals surface area contributed by atoms with Crippen LogP contribution in [-0.4, -0.2) is 61.2 Å². The first-order valence-electron chi connectivity index (χ1n) is 9.28. The quantitative estimate of drug-likeness (QED) is 0.542. The Hall–Kier alpha value is -3.59. The molecule has 148 valence electrons. The molecular weight excluding hydrogens is 368 g/mol. The van der Waals surface area contributed by atoms with E-state index in [0.717, 1.165) is 29.5 Å². The highest BCUT2D eigenvalue weighted by Gasteiger charge is 2.19. The van der Waals surface area contributed by atoms with E-state index in [2.05, 4.69) is 30.6 Å². The molecule has 1 N–H and O–H groups in total. The first-order valence-corrected chi connectivity index (χ1v) is 9.28. The summed E-state index contributed by atoms with van der Waals surface area (Å²) in [4.78, 5) is 19.0. The van der Waals surface area contributed by atoms with Crippen LogP contribution in [0.3, 0.4) is 0 Å². The van der Waals surface area contributed by atoms with Crippen molar-refractivity contribution in [2.45, 2.75) is 13.5 Å². The second-order valence-corrected chi connectivity index (χ2v) is 7.03. The van der Waals surface area contributed by atoms with E-state index in [-0.39, 0.29) is 11.6 Å². The van der Waals surface area contributed by atoms with Crippen molar-refractivity contribution in [2.75, 3.05) is 26.0 Å². The van der Waals surface area contributed by atoms with Gasteiger partial charge in [-0.1, -0.05) is 17.3 Å². The molecule has 0 saturated carbocycles. The van der Waals surface area contributed by atoms with Gasteiger partial charge in [0.1, 0.15) is 0 Å². The minimum atomic E-state index is -0.339. The minimum absolute atomic E-state index is 0.263. The fourth-order valence-electron chi connectivity index (χ4n) is 3.09. The number of amides is 1. The van der Waals surface area contributed by atoms with Gasteiger partial charge in [-0.3, -0.25) is 14.5 Å². The number of nitrogens with one attached hydrogen (secondary N) is 1. The summed E-state index contributed by atoms with van der Waals surface area (Å²) in [5.41, 5.74) is 1.76. The number of aromatic nitrogens is 6. The Kier molecular flexibility index (Phi) is 5.05. The van der Waals surface area contributed by atoms with Crippen molar-refractivity contribution < 1.29 is 4.79 Å². The van der Waals surface area contributed by atoms with Gasteiger partial charge in [-0.25, -0.2) is 4.68 Å². The minimum Gasteiger partial charge on any atom is -0.308 e. The molecule has 0 spiro atoms. The van der Waals surface area contributed by atoms with Crippen molar-refractivity contribution >= 4 is 22.5 Å². The van der Waals surface area contributed by atoms with Crippen molar-refractivity contribution in [1.82, 2.24) is 34.7 Å². The lowest BCUT2D eigenvalue weighted by molar-refractivity contribution is 0.102. The van der Waals surface area contributed by atoms with Crippen LogP contribution in [0.15, 0.2) is 48.9 Å². The zero-order valence-electron chi connectivity index (χ0n) is 16.6. The summed E-state index contributed by atoms with van der Waals surface area (Å²) in [5, 5.41) is 17.5. The molecule has 0 bridgehead atoms. The molecule has 0 atom stereocenters. The summed E-state index contributed by atoms with van der Waals surface area (Å²) in [6.07, 6.45) is 5.37. The van der Waals surface area contributed by atoms with Gasteiger partial charge in [-0.15, -0.1) is 5.10 Å². The average Bonchev–Trinajstić information content (AvgIpc) is 3.32. The number of likely N-dealkylation sites (N-methyl/N-ethyl adjacent to an activating group) is 1. The number of fused-ring (bicyclic) bond motifs is 1. The number of nitrogens with zero attached hydrogens (tertiary/aromatic N) is 7. The number of carbonyl (C=O) groups excluding carboxylic acids is 1. The Labute approximate surface area is 168 Å². The number of pyridine rings is 1. The van der Waals surface area contributed by atoms with E-state index in [4.69, 9.17) is 0 Å². The Bertz CT molecular complexity index is 1150. The number of rotatable bonds is 6. The molecule has 1 amide bonds. The van der Waals surface area contributed by atoms with Crippen molar-refractivity contribution in [2.24, 2.45) is 0 Å². The maximum absolute atomic E-state index is 12.7. The van der Waals surface area contributed by atoms with Crippen molar-refractivity contribution in [3.8, 4) is 5.69 Å². The molecule has 3 aromatic heterocycles. The third-order valence-electron chi connectivity index (χ3n) is 4.65. The largest absolute Gasteiger partial charge is 0.308 e. The van der Waals surface area contributed by atoms with Crippen molar-refractivity contribution in [1.29, 1.82) is 0 Å². The molecule has 29 heavy (non-hydrogen) atoms. The van der Waals surface area contributed by atoms with Gasteiger partial charge < -0.3 is 10.2 Å².